The van der Waals surface area contributed by atoms with Gasteiger partial charge in [-0.1, -0.05) is 25.5 Å². The number of carbonyl (C=O) groups excluding carboxylic acids is 1. The predicted molar refractivity (Wildman–Crippen MR) is 119 cm³/mol. The van der Waals surface area contributed by atoms with E-state index in [0.717, 1.165) is 56.1 Å². The van der Waals surface area contributed by atoms with Crippen molar-refractivity contribution in [3.63, 3.8) is 0 Å². The maximum absolute atomic E-state index is 13.5. The smallest absolute Gasteiger partial charge is 0.269 e. The van der Waals surface area contributed by atoms with Crippen molar-refractivity contribution in [3.8, 4) is 0 Å². The van der Waals surface area contributed by atoms with Gasteiger partial charge in [0, 0.05) is 17.5 Å². The molecule has 0 bridgehead atoms. The molecule has 4 aliphatic rings. The molecule has 5 nitrogen and oxygen atoms in total. The Labute approximate surface area is 183 Å². The normalized spacial score (nSPS) is 40.7. The molecule has 0 heterocycles. The number of rotatable bonds is 2. The van der Waals surface area contributed by atoms with Crippen LogP contribution in [-0.2, 0) is 4.79 Å². The first kappa shape index (κ1) is 20.6. The second kappa shape index (κ2) is 7.13. The first-order valence-corrected chi connectivity index (χ1v) is 11.6. The van der Waals surface area contributed by atoms with Crippen LogP contribution in [0.2, 0.25) is 0 Å². The van der Waals surface area contributed by atoms with Crippen LogP contribution in [-0.4, -0.2) is 21.9 Å². The van der Waals surface area contributed by atoms with Crippen LogP contribution in [0.4, 0.5) is 5.69 Å². The average Bonchev–Trinajstić information content (AvgIpc) is 2.99. The molecule has 1 N–H and O–H groups in total. The third-order valence-electron chi connectivity index (χ3n) is 9.16. The number of hydrogen-bond acceptors (Lipinski definition) is 4. The monoisotopic (exact) mass is 421 g/mol. The fourth-order valence-electron chi connectivity index (χ4n) is 7.33. The number of hydrogen-bond donors (Lipinski definition) is 1. The Bertz CT molecular complexity index is 993. The number of nitrogens with zero attached hydrogens (tertiary/aromatic N) is 1. The zero-order valence-electron chi connectivity index (χ0n) is 18.3. The molecule has 0 spiro atoms. The topological polar surface area (TPSA) is 80.4 Å². The number of nitro benzene ring substituents is 1. The Balaban J connectivity index is 1.44. The molecule has 0 unspecified atom stereocenters. The van der Waals surface area contributed by atoms with Crippen molar-refractivity contribution in [1.82, 2.24) is 0 Å². The lowest BCUT2D eigenvalue weighted by molar-refractivity contribution is -0.384. The summed E-state index contributed by atoms with van der Waals surface area (Å²) in [6.07, 6.45) is 10.7. The second-order valence-electron chi connectivity index (χ2n) is 10.7. The highest BCUT2D eigenvalue weighted by Gasteiger charge is 2.59. The van der Waals surface area contributed by atoms with Crippen LogP contribution in [0.25, 0.3) is 6.08 Å². The van der Waals surface area contributed by atoms with Crippen molar-refractivity contribution in [3.05, 3.63) is 57.2 Å². The molecule has 5 heteroatoms. The summed E-state index contributed by atoms with van der Waals surface area (Å²) in [5.41, 5.74) is 3.11. The van der Waals surface area contributed by atoms with Crippen LogP contribution in [0.5, 0.6) is 0 Å². The highest BCUT2D eigenvalue weighted by atomic mass is 16.6. The van der Waals surface area contributed by atoms with Crippen molar-refractivity contribution in [2.24, 2.45) is 28.6 Å². The lowest BCUT2D eigenvalue weighted by atomic mass is 9.48. The van der Waals surface area contributed by atoms with Gasteiger partial charge in [0.25, 0.3) is 5.69 Å². The molecule has 1 aromatic carbocycles. The molecule has 0 aliphatic heterocycles. The van der Waals surface area contributed by atoms with Crippen LogP contribution in [0.3, 0.4) is 0 Å². The van der Waals surface area contributed by atoms with E-state index in [0.29, 0.717) is 17.8 Å². The minimum absolute atomic E-state index is 0.0685. The Hall–Kier alpha value is -2.27. The van der Waals surface area contributed by atoms with Gasteiger partial charge in [0.1, 0.15) is 0 Å². The molecule has 0 radical (unpaired) electrons. The number of non-ortho nitro benzene ring substituents is 1. The average molecular weight is 422 g/mol. The van der Waals surface area contributed by atoms with Gasteiger partial charge in [-0.05, 0) is 97.5 Å². The first-order chi connectivity index (χ1) is 14.7. The minimum Gasteiger partial charge on any atom is -0.393 e. The van der Waals surface area contributed by atoms with Crippen molar-refractivity contribution >= 4 is 17.5 Å². The molecule has 0 aromatic heterocycles. The zero-order valence-corrected chi connectivity index (χ0v) is 18.3. The van der Waals surface area contributed by atoms with Crippen LogP contribution < -0.4 is 0 Å². The van der Waals surface area contributed by atoms with Gasteiger partial charge < -0.3 is 5.11 Å². The van der Waals surface area contributed by atoms with E-state index in [1.165, 1.54) is 17.7 Å². The van der Waals surface area contributed by atoms with Crippen LogP contribution in [0, 0.1) is 38.7 Å². The van der Waals surface area contributed by atoms with Gasteiger partial charge in [-0.2, -0.15) is 0 Å². The molecule has 3 fully saturated rings. The van der Waals surface area contributed by atoms with Crippen LogP contribution in [0.1, 0.15) is 64.4 Å². The molecule has 6 atom stereocenters. The van der Waals surface area contributed by atoms with Gasteiger partial charge in [-0.3, -0.25) is 14.9 Å². The summed E-state index contributed by atoms with van der Waals surface area (Å²) in [6, 6.07) is 6.47. The van der Waals surface area contributed by atoms with Gasteiger partial charge in [0.2, 0.25) is 0 Å². The largest absolute Gasteiger partial charge is 0.393 e. The maximum atomic E-state index is 13.5. The van der Waals surface area contributed by atoms with Crippen LogP contribution in [0.15, 0.2) is 41.5 Å². The number of Topliss-reactive ketones (excluding diaryl/α,β-unsaturated/α-hetero) is 1. The molecule has 4 aliphatic carbocycles. The fraction of sp³-hybridized carbons (Fsp3) is 0.577. The summed E-state index contributed by atoms with van der Waals surface area (Å²) >= 11 is 0. The van der Waals surface area contributed by atoms with Crippen LogP contribution >= 0.6 is 0 Å². The highest BCUT2D eigenvalue weighted by molar-refractivity contribution is 6.06. The van der Waals surface area contributed by atoms with Gasteiger partial charge in [0.15, 0.2) is 5.78 Å². The Morgan fingerprint density at radius 1 is 1.06 bits per heavy atom. The van der Waals surface area contributed by atoms with Crippen molar-refractivity contribution in [2.45, 2.75) is 64.9 Å². The highest BCUT2D eigenvalue weighted by Crippen LogP contribution is 2.64. The molecule has 5 rings (SSSR count). The van der Waals surface area contributed by atoms with Gasteiger partial charge in [-0.25, -0.2) is 0 Å². The van der Waals surface area contributed by atoms with Crippen molar-refractivity contribution in [1.29, 1.82) is 0 Å². The Morgan fingerprint density at radius 3 is 2.48 bits per heavy atom. The molecular weight excluding hydrogens is 390 g/mol. The summed E-state index contributed by atoms with van der Waals surface area (Å²) in [6.45, 7) is 4.56. The maximum Gasteiger partial charge on any atom is 0.269 e. The van der Waals surface area contributed by atoms with Crippen molar-refractivity contribution in [2.75, 3.05) is 0 Å². The number of benzene rings is 1. The third kappa shape index (κ3) is 3.12. The van der Waals surface area contributed by atoms with E-state index < -0.39 is 4.92 Å². The lowest BCUT2D eigenvalue weighted by Gasteiger charge is -2.56. The molecule has 31 heavy (non-hydrogen) atoms. The summed E-state index contributed by atoms with van der Waals surface area (Å²) in [4.78, 5) is 24.0. The Kier molecular flexibility index (Phi) is 4.74. The molecule has 164 valence electrons. The molecule has 1 aromatic rings. The zero-order chi connectivity index (χ0) is 22.0. The van der Waals surface area contributed by atoms with Gasteiger partial charge in [-0.15, -0.1) is 0 Å². The quantitative estimate of drug-likeness (QED) is 0.297. The Morgan fingerprint density at radius 2 is 1.77 bits per heavy atom. The number of allylic oxidation sites excluding steroid dienone is 2. The number of nitro groups is 1. The van der Waals surface area contributed by atoms with E-state index >= 15 is 0 Å². The number of fused-ring (bicyclic) bond motifs is 5. The molecule has 3 saturated carbocycles. The SMILES string of the molecule is C[C@@]12CC[C@H]3[C@@H](CC=C4C[C@@H](O)CC[C@@]43C)[C@H]1C/C(=C\c1ccc([N+](=O)[O-])cc1)C2=O. The summed E-state index contributed by atoms with van der Waals surface area (Å²) < 4.78 is 0. The van der Waals surface area contributed by atoms with E-state index in [4.69, 9.17) is 0 Å². The van der Waals surface area contributed by atoms with Crippen molar-refractivity contribution < 1.29 is 14.8 Å². The predicted octanol–water partition coefficient (Wildman–Crippen LogP) is 5.48. The number of ketones is 1. The molecule has 0 saturated heterocycles. The first-order valence-electron chi connectivity index (χ1n) is 11.6. The van der Waals surface area contributed by atoms with E-state index in [1.807, 2.05) is 6.08 Å². The summed E-state index contributed by atoms with van der Waals surface area (Å²) in [5.74, 6) is 1.72. The minimum atomic E-state index is -0.400. The molecular formula is C26H31NO4. The third-order valence-corrected chi connectivity index (χ3v) is 9.16. The standard InChI is InChI=1S/C26H31NO4/c1-25-11-9-20(28)15-18(25)5-8-21-22(25)10-12-26(2)23(21)14-17(24(26)29)13-16-3-6-19(7-4-16)27(30)31/h3-7,13,20-23,28H,8-12,14-15H2,1-2H3/b17-13+/t20-,21+,22-,23+,25-,26+/m0/s1. The van der Waals surface area contributed by atoms with Gasteiger partial charge in [0.05, 0.1) is 11.0 Å². The van der Waals surface area contributed by atoms with Gasteiger partial charge >= 0.3 is 0 Å². The summed E-state index contributed by atoms with van der Waals surface area (Å²) in [7, 11) is 0. The number of aliphatic hydroxyl groups is 1. The number of aliphatic hydroxyl groups excluding tert-OH is 1. The number of carbonyl (C=O) groups is 1. The molecule has 0 amide bonds. The second-order valence-corrected chi connectivity index (χ2v) is 10.7. The van der Waals surface area contributed by atoms with E-state index in [1.54, 1.807) is 12.1 Å². The lowest BCUT2D eigenvalue weighted by Crippen LogP contribution is -2.50. The van der Waals surface area contributed by atoms with E-state index in [2.05, 4.69) is 19.9 Å². The fourth-order valence-corrected chi connectivity index (χ4v) is 7.33. The summed E-state index contributed by atoms with van der Waals surface area (Å²) in [5, 5.41) is 21.1. The van der Waals surface area contributed by atoms with E-state index in [9.17, 15) is 20.0 Å². The van der Waals surface area contributed by atoms with E-state index in [-0.39, 0.29) is 28.4 Å².